The topological polar surface area (TPSA) is 47.6 Å². The van der Waals surface area contributed by atoms with Crippen LogP contribution < -0.4 is 14.8 Å². The minimum atomic E-state index is -0.100. The Bertz CT molecular complexity index is 641. The van der Waals surface area contributed by atoms with E-state index < -0.39 is 0 Å². The molecule has 116 valence electrons. The summed E-state index contributed by atoms with van der Waals surface area (Å²) in [7, 11) is 1.60. The Balaban J connectivity index is 1.79. The first kappa shape index (κ1) is 16.2. The number of hydrogen-bond donors (Lipinski definition) is 1. The highest BCUT2D eigenvalue weighted by atomic mass is 35.5. The van der Waals surface area contributed by atoms with Gasteiger partial charge in [-0.25, -0.2) is 0 Å². The molecular weight excluding hydrogens is 302 g/mol. The summed E-state index contributed by atoms with van der Waals surface area (Å²) >= 11 is 5.88. The van der Waals surface area contributed by atoms with Crippen LogP contribution in [0.15, 0.2) is 42.5 Å². The maximum atomic E-state index is 11.9. The molecule has 0 aliphatic carbocycles. The number of amides is 1. The number of hydrogen-bond acceptors (Lipinski definition) is 3. The Morgan fingerprint density at radius 1 is 1.18 bits per heavy atom. The van der Waals surface area contributed by atoms with Crippen LogP contribution in [0.4, 0.5) is 5.69 Å². The number of benzene rings is 2. The first-order chi connectivity index (χ1) is 10.6. The molecule has 0 saturated carbocycles. The molecular formula is C17H18ClNO3. The Hall–Kier alpha value is -2.20. The van der Waals surface area contributed by atoms with Gasteiger partial charge >= 0.3 is 0 Å². The van der Waals surface area contributed by atoms with Crippen LogP contribution in [0, 0.1) is 6.92 Å². The molecule has 0 radical (unpaired) electrons. The van der Waals surface area contributed by atoms with Gasteiger partial charge in [0, 0.05) is 10.7 Å². The largest absolute Gasteiger partial charge is 0.497 e. The summed E-state index contributed by atoms with van der Waals surface area (Å²) in [5.74, 6) is 1.39. The van der Waals surface area contributed by atoms with Crippen LogP contribution in [-0.2, 0) is 4.79 Å². The van der Waals surface area contributed by atoms with Gasteiger partial charge in [0.25, 0.3) is 0 Å². The van der Waals surface area contributed by atoms with E-state index in [1.807, 2.05) is 13.0 Å². The summed E-state index contributed by atoms with van der Waals surface area (Å²) in [5.41, 5.74) is 1.68. The summed E-state index contributed by atoms with van der Waals surface area (Å²) in [6.45, 7) is 2.23. The van der Waals surface area contributed by atoms with Crippen LogP contribution in [-0.4, -0.2) is 19.6 Å². The van der Waals surface area contributed by atoms with Crippen LogP contribution in [0.25, 0.3) is 0 Å². The molecule has 0 aromatic heterocycles. The quantitative estimate of drug-likeness (QED) is 0.873. The number of rotatable bonds is 6. The third kappa shape index (κ3) is 4.67. The van der Waals surface area contributed by atoms with E-state index in [0.29, 0.717) is 11.6 Å². The Morgan fingerprint density at radius 3 is 2.55 bits per heavy atom. The van der Waals surface area contributed by atoms with E-state index in [9.17, 15) is 4.79 Å². The number of aryl methyl sites for hydroxylation is 1. The second-order valence-corrected chi connectivity index (χ2v) is 5.22. The molecule has 0 heterocycles. The monoisotopic (exact) mass is 319 g/mol. The molecule has 4 nitrogen and oxygen atoms in total. The minimum Gasteiger partial charge on any atom is -0.497 e. The predicted molar refractivity (Wildman–Crippen MR) is 87.9 cm³/mol. The Labute approximate surface area is 135 Å². The van der Waals surface area contributed by atoms with Gasteiger partial charge in [-0.05, 0) is 55.0 Å². The van der Waals surface area contributed by atoms with Gasteiger partial charge in [0.1, 0.15) is 11.5 Å². The second kappa shape index (κ2) is 7.71. The fraction of sp³-hybridized carbons (Fsp3) is 0.235. The highest BCUT2D eigenvalue weighted by Crippen LogP contribution is 2.22. The number of anilines is 1. The molecule has 0 fully saturated rings. The van der Waals surface area contributed by atoms with Crippen molar-refractivity contribution < 1.29 is 14.3 Å². The van der Waals surface area contributed by atoms with Crippen LogP contribution in [0.1, 0.15) is 12.0 Å². The molecule has 2 aromatic rings. The van der Waals surface area contributed by atoms with Gasteiger partial charge < -0.3 is 14.8 Å². The first-order valence-electron chi connectivity index (χ1n) is 6.91. The zero-order valence-corrected chi connectivity index (χ0v) is 13.3. The van der Waals surface area contributed by atoms with Gasteiger partial charge in [-0.3, -0.25) is 4.79 Å². The van der Waals surface area contributed by atoms with Gasteiger partial charge in [0.2, 0.25) is 5.91 Å². The summed E-state index contributed by atoms with van der Waals surface area (Å²) in [6, 6.07) is 12.6. The van der Waals surface area contributed by atoms with Crippen molar-refractivity contribution in [2.75, 3.05) is 19.0 Å². The van der Waals surface area contributed by atoms with Crippen molar-refractivity contribution in [2.24, 2.45) is 0 Å². The van der Waals surface area contributed by atoms with Crippen molar-refractivity contribution in [2.45, 2.75) is 13.3 Å². The van der Waals surface area contributed by atoms with Gasteiger partial charge in [-0.2, -0.15) is 0 Å². The Kier molecular flexibility index (Phi) is 5.67. The number of halogens is 1. The lowest BCUT2D eigenvalue weighted by molar-refractivity contribution is -0.116. The van der Waals surface area contributed by atoms with E-state index in [2.05, 4.69) is 5.32 Å². The second-order valence-electron chi connectivity index (χ2n) is 4.78. The molecule has 5 heteroatoms. The van der Waals surface area contributed by atoms with E-state index in [0.717, 1.165) is 22.7 Å². The maximum Gasteiger partial charge on any atom is 0.227 e. The lowest BCUT2D eigenvalue weighted by Gasteiger charge is -2.10. The molecule has 0 bridgehead atoms. The number of carbonyl (C=O) groups excluding carboxylic acids is 1. The zero-order chi connectivity index (χ0) is 15.9. The summed E-state index contributed by atoms with van der Waals surface area (Å²) < 4.78 is 10.7. The number of nitrogens with one attached hydrogen (secondary N) is 1. The molecule has 22 heavy (non-hydrogen) atoms. The van der Waals surface area contributed by atoms with Crippen molar-refractivity contribution in [3.8, 4) is 11.5 Å². The third-order valence-electron chi connectivity index (χ3n) is 3.10. The van der Waals surface area contributed by atoms with Crippen LogP contribution in [0.5, 0.6) is 11.5 Å². The normalized spacial score (nSPS) is 10.1. The van der Waals surface area contributed by atoms with Crippen LogP contribution in [0.3, 0.4) is 0 Å². The van der Waals surface area contributed by atoms with Gasteiger partial charge in [0.15, 0.2) is 0 Å². The highest BCUT2D eigenvalue weighted by molar-refractivity contribution is 6.30. The summed E-state index contributed by atoms with van der Waals surface area (Å²) in [4.78, 5) is 11.9. The van der Waals surface area contributed by atoms with E-state index in [4.69, 9.17) is 21.1 Å². The van der Waals surface area contributed by atoms with Crippen molar-refractivity contribution in [3.05, 3.63) is 53.1 Å². The molecule has 0 spiro atoms. The fourth-order valence-electron chi connectivity index (χ4n) is 1.93. The van der Waals surface area contributed by atoms with Crippen LogP contribution in [0.2, 0.25) is 5.02 Å². The Morgan fingerprint density at radius 2 is 1.91 bits per heavy atom. The van der Waals surface area contributed by atoms with E-state index in [-0.39, 0.29) is 12.3 Å². The van der Waals surface area contributed by atoms with E-state index >= 15 is 0 Å². The molecule has 0 aliphatic rings. The smallest absolute Gasteiger partial charge is 0.227 e. The number of methoxy groups -OCH3 is 1. The first-order valence-corrected chi connectivity index (χ1v) is 7.29. The fourth-order valence-corrected chi connectivity index (χ4v) is 2.15. The standard InChI is InChI=1S/C17H18ClNO3/c1-12-11-13(18)3-8-16(12)22-10-9-17(20)19-14-4-6-15(21-2)7-5-14/h3-8,11H,9-10H2,1-2H3,(H,19,20). The van der Waals surface area contributed by atoms with Gasteiger partial charge in [-0.1, -0.05) is 11.6 Å². The lowest BCUT2D eigenvalue weighted by Crippen LogP contribution is -2.15. The number of ether oxygens (including phenoxy) is 2. The van der Waals surface area contributed by atoms with Crippen molar-refractivity contribution >= 4 is 23.2 Å². The van der Waals surface area contributed by atoms with Crippen molar-refractivity contribution in [1.82, 2.24) is 0 Å². The zero-order valence-electron chi connectivity index (χ0n) is 12.6. The highest BCUT2D eigenvalue weighted by Gasteiger charge is 2.05. The lowest BCUT2D eigenvalue weighted by atomic mass is 10.2. The number of carbonyl (C=O) groups is 1. The maximum absolute atomic E-state index is 11.9. The van der Waals surface area contributed by atoms with Gasteiger partial charge in [0.05, 0.1) is 20.1 Å². The van der Waals surface area contributed by atoms with Crippen molar-refractivity contribution in [1.29, 1.82) is 0 Å². The van der Waals surface area contributed by atoms with E-state index in [1.54, 1.807) is 43.5 Å². The molecule has 0 atom stereocenters. The van der Waals surface area contributed by atoms with Crippen molar-refractivity contribution in [3.63, 3.8) is 0 Å². The average molecular weight is 320 g/mol. The molecule has 0 saturated heterocycles. The van der Waals surface area contributed by atoms with Gasteiger partial charge in [-0.15, -0.1) is 0 Å². The van der Waals surface area contributed by atoms with E-state index in [1.165, 1.54) is 0 Å². The molecule has 1 N–H and O–H groups in total. The molecule has 1 amide bonds. The average Bonchev–Trinajstić information content (AvgIpc) is 2.50. The molecule has 0 unspecified atom stereocenters. The molecule has 2 rings (SSSR count). The summed E-state index contributed by atoms with van der Waals surface area (Å²) in [5, 5.41) is 3.48. The molecule has 2 aromatic carbocycles. The summed E-state index contributed by atoms with van der Waals surface area (Å²) in [6.07, 6.45) is 0.272. The minimum absolute atomic E-state index is 0.100. The van der Waals surface area contributed by atoms with Crippen LogP contribution >= 0.6 is 11.6 Å². The third-order valence-corrected chi connectivity index (χ3v) is 3.33. The SMILES string of the molecule is COc1ccc(NC(=O)CCOc2ccc(Cl)cc2C)cc1. The molecule has 0 aliphatic heterocycles. The predicted octanol–water partition coefficient (Wildman–Crippen LogP) is 4.06.